The van der Waals surface area contributed by atoms with Gasteiger partial charge in [-0.25, -0.2) is 4.39 Å². The second-order valence-corrected chi connectivity index (χ2v) is 5.90. The van der Waals surface area contributed by atoms with E-state index >= 15 is 0 Å². The van der Waals surface area contributed by atoms with Gasteiger partial charge in [0.05, 0.1) is 19.8 Å². The molecule has 1 fully saturated rings. The summed E-state index contributed by atoms with van der Waals surface area (Å²) in [6.07, 6.45) is 1.92. The zero-order valence-electron chi connectivity index (χ0n) is 13.1. The van der Waals surface area contributed by atoms with Crippen molar-refractivity contribution in [1.29, 1.82) is 0 Å². The van der Waals surface area contributed by atoms with Crippen molar-refractivity contribution in [3.05, 3.63) is 35.6 Å². The topological polar surface area (TPSA) is 27.7 Å². The normalized spacial score (nSPS) is 26.2. The maximum absolute atomic E-state index is 13.6. The Kier molecular flexibility index (Phi) is 5.73. The Balaban J connectivity index is 1.86. The van der Waals surface area contributed by atoms with Crippen molar-refractivity contribution in [2.45, 2.75) is 52.1 Å². The zero-order valence-corrected chi connectivity index (χ0v) is 13.1. The fourth-order valence-electron chi connectivity index (χ4n) is 2.50. The second-order valence-electron chi connectivity index (χ2n) is 5.90. The highest BCUT2D eigenvalue weighted by atomic mass is 19.1. The molecule has 0 unspecified atom stereocenters. The number of hydrogen-bond donors (Lipinski definition) is 0. The molecule has 118 valence electrons. The third-order valence-electron chi connectivity index (χ3n) is 4.07. The van der Waals surface area contributed by atoms with E-state index in [0.717, 1.165) is 12.8 Å². The van der Waals surface area contributed by atoms with Gasteiger partial charge in [0.15, 0.2) is 6.29 Å². The standard InChI is InChI=1S/C17H25FO3/c1-4-13(5-2)16-19-11-17(3,12-20-16)21-10-14-8-6-7-9-15(14)18/h6-9,13,16H,4-5,10-12H2,1-3H3/t16-,17+. The van der Waals surface area contributed by atoms with Gasteiger partial charge in [0.25, 0.3) is 0 Å². The van der Waals surface area contributed by atoms with Gasteiger partial charge < -0.3 is 14.2 Å². The number of halogens is 1. The van der Waals surface area contributed by atoms with Crippen LogP contribution in [0, 0.1) is 11.7 Å². The van der Waals surface area contributed by atoms with E-state index in [1.54, 1.807) is 18.2 Å². The summed E-state index contributed by atoms with van der Waals surface area (Å²) in [5.41, 5.74) is 0.0333. The lowest BCUT2D eigenvalue weighted by Gasteiger charge is -2.39. The van der Waals surface area contributed by atoms with Gasteiger partial charge in [-0.15, -0.1) is 0 Å². The quantitative estimate of drug-likeness (QED) is 0.796. The largest absolute Gasteiger partial charge is 0.366 e. The minimum atomic E-state index is -0.523. The number of ether oxygens (including phenoxy) is 3. The van der Waals surface area contributed by atoms with E-state index in [9.17, 15) is 4.39 Å². The average Bonchev–Trinajstić information content (AvgIpc) is 2.50. The van der Waals surface area contributed by atoms with Crippen LogP contribution in [0.25, 0.3) is 0 Å². The van der Waals surface area contributed by atoms with Crippen molar-refractivity contribution in [3.8, 4) is 0 Å². The van der Waals surface area contributed by atoms with Gasteiger partial charge in [0.2, 0.25) is 0 Å². The van der Waals surface area contributed by atoms with Crippen LogP contribution in [0.2, 0.25) is 0 Å². The first-order valence-corrected chi connectivity index (χ1v) is 7.68. The first kappa shape index (κ1) is 16.4. The first-order valence-electron chi connectivity index (χ1n) is 7.68. The molecule has 21 heavy (non-hydrogen) atoms. The molecule has 0 N–H and O–H groups in total. The molecule has 0 aromatic heterocycles. The van der Waals surface area contributed by atoms with Crippen LogP contribution in [0.3, 0.4) is 0 Å². The van der Waals surface area contributed by atoms with E-state index in [1.165, 1.54) is 6.07 Å². The highest BCUT2D eigenvalue weighted by molar-refractivity contribution is 5.16. The number of rotatable bonds is 6. The zero-order chi connectivity index (χ0) is 15.3. The highest BCUT2D eigenvalue weighted by Crippen LogP contribution is 2.27. The number of benzene rings is 1. The summed E-state index contributed by atoms with van der Waals surface area (Å²) in [7, 11) is 0. The molecule has 0 spiro atoms. The van der Waals surface area contributed by atoms with E-state index in [0.29, 0.717) is 24.7 Å². The summed E-state index contributed by atoms with van der Waals surface area (Å²) in [6, 6.07) is 6.66. The molecule has 0 amide bonds. The maximum atomic E-state index is 13.6. The lowest BCUT2D eigenvalue weighted by Crippen LogP contribution is -2.48. The van der Waals surface area contributed by atoms with Crippen molar-refractivity contribution in [2.75, 3.05) is 13.2 Å². The van der Waals surface area contributed by atoms with Gasteiger partial charge in [0.1, 0.15) is 11.4 Å². The Morgan fingerprint density at radius 2 is 1.86 bits per heavy atom. The van der Waals surface area contributed by atoms with E-state index in [-0.39, 0.29) is 18.7 Å². The molecule has 1 heterocycles. The van der Waals surface area contributed by atoms with E-state index < -0.39 is 5.60 Å². The van der Waals surface area contributed by atoms with Crippen molar-refractivity contribution in [1.82, 2.24) is 0 Å². The van der Waals surface area contributed by atoms with Crippen molar-refractivity contribution >= 4 is 0 Å². The van der Waals surface area contributed by atoms with Crippen LogP contribution in [0.15, 0.2) is 24.3 Å². The van der Waals surface area contributed by atoms with Crippen molar-refractivity contribution < 1.29 is 18.6 Å². The highest BCUT2D eigenvalue weighted by Gasteiger charge is 2.36. The van der Waals surface area contributed by atoms with Crippen LogP contribution in [-0.2, 0) is 20.8 Å². The molecule has 1 aromatic rings. The molecule has 1 aromatic carbocycles. The predicted molar refractivity (Wildman–Crippen MR) is 79.4 cm³/mol. The third kappa shape index (κ3) is 4.25. The average molecular weight is 296 g/mol. The van der Waals surface area contributed by atoms with Crippen LogP contribution < -0.4 is 0 Å². The molecule has 4 heteroatoms. The third-order valence-corrected chi connectivity index (χ3v) is 4.07. The Bertz CT molecular complexity index is 437. The molecule has 1 aliphatic rings. The molecule has 0 radical (unpaired) electrons. The van der Waals surface area contributed by atoms with Gasteiger partial charge in [-0.3, -0.25) is 0 Å². The molecule has 1 saturated heterocycles. The van der Waals surface area contributed by atoms with E-state index in [2.05, 4.69) is 13.8 Å². The van der Waals surface area contributed by atoms with Gasteiger partial charge in [-0.2, -0.15) is 0 Å². The molecule has 0 atom stereocenters. The summed E-state index contributed by atoms with van der Waals surface area (Å²) in [4.78, 5) is 0. The maximum Gasteiger partial charge on any atom is 0.160 e. The summed E-state index contributed by atoms with van der Waals surface area (Å²) in [5, 5.41) is 0. The second kappa shape index (κ2) is 7.34. The lowest BCUT2D eigenvalue weighted by molar-refractivity contribution is -0.279. The van der Waals surface area contributed by atoms with Crippen LogP contribution in [0.5, 0.6) is 0 Å². The van der Waals surface area contributed by atoms with Crippen molar-refractivity contribution in [3.63, 3.8) is 0 Å². The van der Waals surface area contributed by atoms with Crippen LogP contribution >= 0.6 is 0 Å². The predicted octanol–water partition coefficient (Wildman–Crippen LogP) is 3.91. The first-order chi connectivity index (χ1) is 10.1. The molecule has 3 nitrogen and oxygen atoms in total. The van der Waals surface area contributed by atoms with Gasteiger partial charge in [0, 0.05) is 11.5 Å². The molecular formula is C17H25FO3. The smallest absolute Gasteiger partial charge is 0.160 e. The minimum Gasteiger partial charge on any atom is -0.366 e. The van der Waals surface area contributed by atoms with Gasteiger partial charge in [-0.05, 0) is 25.8 Å². The molecule has 2 rings (SSSR count). The molecule has 0 bridgehead atoms. The lowest BCUT2D eigenvalue weighted by atomic mass is 10.0. The summed E-state index contributed by atoms with van der Waals surface area (Å²) in [6.45, 7) is 7.40. The van der Waals surface area contributed by atoms with Crippen LogP contribution in [0.1, 0.15) is 39.2 Å². The van der Waals surface area contributed by atoms with E-state index in [4.69, 9.17) is 14.2 Å². The molecule has 0 aliphatic carbocycles. The van der Waals surface area contributed by atoms with E-state index in [1.807, 2.05) is 6.92 Å². The Hall–Kier alpha value is -0.970. The van der Waals surface area contributed by atoms with Crippen LogP contribution in [0.4, 0.5) is 4.39 Å². The SMILES string of the molecule is CCC(CC)[C@H]1OC[C@@](C)(OCc2ccccc2F)CO1. The number of hydrogen-bond acceptors (Lipinski definition) is 3. The molecule has 1 aliphatic heterocycles. The van der Waals surface area contributed by atoms with Gasteiger partial charge in [-0.1, -0.05) is 32.0 Å². The fraction of sp³-hybridized carbons (Fsp3) is 0.647. The van der Waals surface area contributed by atoms with Crippen LogP contribution in [-0.4, -0.2) is 25.1 Å². The fourth-order valence-corrected chi connectivity index (χ4v) is 2.50. The monoisotopic (exact) mass is 296 g/mol. The Morgan fingerprint density at radius 3 is 2.43 bits per heavy atom. The minimum absolute atomic E-state index is 0.148. The summed E-state index contributed by atoms with van der Waals surface area (Å²) >= 11 is 0. The van der Waals surface area contributed by atoms with Crippen molar-refractivity contribution in [2.24, 2.45) is 5.92 Å². The summed E-state index contributed by atoms with van der Waals surface area (Å²) in [5.74, 6) is 0.176. The molecular weight excluding hydrogens is 271 g/mol. The summed E-state index contributed by atoms with van der Waals surface area (Å²) < 4.78 is 31.1. The Labute approximate surface area is 126 Å². The van der Waals surface area contributed by atoms with Gasteiger partial charge >= 0.3 is 0 Å². The molecule has 0 saturated carbocycles. The Morgan fingerprint density at radius 1 is 1.24 bits per heavy atom.